The molecule has 0 fully saturated rings. The van der Waals surface area contributed by atoms with E-state index in [1.807, 2.05) is 41.1 Å². The highest BCUT2D eigenvalue weighted by molar-refractivity contribution is 7.99. The molecule has 0 aliphatic carbocycles. The first-order chi connectivity index (χ1) is 7.42. The first-order valence-electron chi connectivity index (χ1n) is 4.57. The number of rotatable bonds is 4. The molecule has 76 valence electrons. The Morgan fingerprint density at radius 1 is 1.33 bits per heavy atom. The molecule has 2 rings (SSSR count). The molecule has 3 nitrogen and oxygen atoms in total. The summed E-state index contributed by atoms with van der Waals surface area (Å²) in [7, 11) is 0. The molecule has 0 aliphatic rings. The molecule has 0 saturated heterocycles. The smallest absolute Gasteiger partial charge is 0.172 e. The Balaban J connectivity index is 2.29. The van der Waals surface area contributed by atoms with Gasteiger partial charge in [-0.2, -0.15) is 0 Å². The van der Waals surface area contributed by atoms with E-state index in [9.17, 15) is 4.79 Å². The van der Waals surface area contributed by atoms with Crippen LogP contribution in [0.25, 0.3) is 5.69 Å². The van der Waals surface area contributed by atoms with Gasteiger partial charge in [0.2, 0.25) is 0 Å². The highest BCUT2D eigenvalue weighted by Gasteiger charge is 2.03. The summed E-state index contributed by atoms with van der Waals surface area (Å²) in [6.45, 7) is 0. The number of benzene rings is 1. The number of thioether (sulfide) groups is 1. The van der Waals surface area contributed by atoms with Gasteiger partial charge in [-0.15, -0.1) is 0 Å². The highest BCUT2D eigenvalue weighted by atomic mass is 32.2. The fourth-order valence-corrected chi connectivity index (χ4v) is 1.95. The molecular weight excluding hydrogens is 208 g/mol. The molecule has 0 aliphatic heterocycles. The standard InChI is InChI=1S/C11H10N2OS/c14-8-9-15-11-12-6-7-13(11)10-4-2-1-3-5-10/h1-8H,9H2. The molecule has 2 aromatic rings. The van der Waals surface area contributed by atoms with E-state index in [1.165, 1.54) is 11.8 Å². The van der Waals surface area contributed by atoms with Crippen molar-refractivity contribution in [3.8, 4) is 5.69 Å². The largest absolute Gasteiger partial charge is 0.302 e. The van der Waals surface area contributed by atoms with E-state index in [0.717, 1.165) is 17.1 Å². The molecule has 0 N–H and O–H groups in total. The minimum atomic E-state index is 0.434. The average Bonchev–Trinajstić information content (AvgIpc) is 2.75. The summed E-state index contributed by atoms with van der Waals surface area (Å²) in [6.07, 6.45) is 4.51. The number of hydrogen-bond donors (Lipinski definition) is 0. The molecule has 0 amide bonds. The first kappa shape index (κ1) is 9.98. The van der Waals surface area contributed by atoms with Crippen LogP contribution in [0.15, 0.2) is 47.9 Å². The van der Waals surface area contributed by atoms with Gasteiger partial charge >= 0.3 is 0 Å². The molecule has 1 heterocycles. The molecular formula is C11H10N2OS. The Hall–Kier alpha value is -1.55. The van der Waals surface area contributed by atoms with Gasteiger partial charge in [-0.1, -0.05) is 30.0 Å². The molecule has 1 aromatic carbocycles. The van der Waals surface area contributed by atoms with Gasteiger partial charge in [0.05, 0.1) is 5.75 Å². The molecule has 1 aromatic heterocycles. The number of imidazole rings is 1. The summed E-state index contributed by atoms with van der Waals surface area (Å²) >= 11 is 1.43. The average molecular weight is 218 g/mol. The summed E-state index contributed by atoms with van der Waals surface area (Å²) in [5.41, 5.74) is 1.06. The Bertz CT molecular complexity index is 439. The number of carbonyl (C=O) groups excluding carboxylic acids is 1. The van der Waals surface area contributed by atoms with Gasteiger partial charge in [-0.05, 0) is 12.1 Å². The third kappa shape index (κ3) is 2.27. The number of aldehydes is 1. The fourth-order valence-electron chi connectivity index (χ4n) is 1.29. The zero-order valence-electron chi connectivity index (χ0n) is 8.04. The van der Waals surface area contributed by atoms with Crippen molar-refractivity contribution in [1.29, 1.82) is 0 Å². The van der Waals surface area contributed by atoms with Gasteiger partial charge in [0.15, 0.2) is 5.16 Å². The summed E-state index contributed by atoms with van der Waals surface area (Å²) < 4.78 is 1.97. The lowest BCUT2D eigenvalue weighted by molar-refractivity contribution is -0.105. The van der Waals surface area contributed by atoms with Crippen LogP contribution in [-0.2, 0) is 4.79 Å². The fraction of sp³-hybridized carbons (Fsp3) is 0.0909. The lowest BCUT2D eigenvalue weighted by Gasteiger charge is -2.05. The quantitative estimate of drug-likeness (QED) is 0.582. The third-order valence-electron chi connectivity index (χ3n) is 1.92. The summed E-state index contributed by atoms with van der Waals surface area (Å²) in [4.78, 5) is 14.5. The number of hydrogen-bond acceptors (Lipinski definition) is 3. The zero-order chi connectivity index (χ0) is 10.5. The van der Waals surface area contributed by atoms with Gasteiger partial charge in [0.1, 0.15) is 6.29 Å². The van der Waals surface area contributed by atoms with Crippen molar-refractivity contribution in [3.63, 3.8) is 0 Å². The summed E-state index contributed by atoms with van der Waals surface area (Å²) in [5.74, 6) is 0.434. The molecule has 0 unspecified atom stereocenters. The lowest BCUT2D eigenvalue weighted by Crippen LogP contribution is -1.95. The van der Waals surface area contributed by atoms with Crippen LogP contribution in [0.2, 0.25) is 0 Å². The van der Waals surface area contributed by atoms with E-state index >= 15 is 0 Å². The van der Waals surface area contributed by atoms with E-state index in [0.29, 0.717) is 5.75 Å². The minimum absolute atomic E-state index is 0.434. The monoisotopic (exact) mass is 218 g/mol. The van der Waals surface area contributed by atoms with Crippen LogP contribution < -0.4 is 0 Å². The predicted molar refractivity (Wildman–Crippen MR) is 60.4 cm³/mol. The van der Waals surface area contributed by atoms with Crippen molar-refractivity contribution in [3.05, 3.63) is 42.7 Å². The van der Waals surface area contributed by atoms with E-state index < -0.39 is 0 Å². The maximum absolute atomic E-state index is 10.3. The number of carbonyl (C=O) groups is 1. The van der Waals surface area contributed by atoms with Crippen LogP contribution in [0, 0.1) is 0 Å². The van der Waals surface area contributed by atoms with Gasteiger partial charge in [0.25, 0.3) is 0 Å². The highest BCUT2D eigenvalue weighted by Crippen LogP contribution is 2.19. The van der Waals surface area contributed by atoms with Crippen molar-refractivity contribution in [2.45, 2.75) is 5.16 Å². The zero-order valence-corrected chi connectivity index (χ0v) is 8.85. The van der Waals surface area contributed by atoms with Crippen LogP contribution in [0.4, 0.5) is 0 Å². The van der Waals surface area contributed by atoms with Crippen LogP contribution in [0.5, 0.6) is 0 Å². The van der Waals surface area contributed by atoms with Crippen LogP contribution in [0.3, 0.4) is 0 Å². The van der Waals surface area contributed by atoms with Crippen LogP contribution in [-0.4, -0.2) is 21.6 Å². The Morgan fingerprint density at radius 2 is 2.13 bits per heavy atom. The SMILES string of the molecule is O=CCSc1nccn1-c1ccccc1. The van der Waals surface area contributed by atoms with E-state index in [4.69, 9.17) is 0 Å². The van der Waals surface area contributed by atoms with E-state index in [1.54, 1.807) is 6.20 Å². The van der Waals surface area contributed by atoms with Crippen molar-refractivity contribution < 1.29 is 4.79 Å². The van der Waals surface area contributed by atoms with Gasteiger partial charge < -0.3 is 4.79 Å². The van der Waals surface area contributed by atoms with Gasteiger partial charge in [0, 0.05) is 18.1 Å². The summed E-state index contributed by atoms with van der Waals surface area (Å²) in [6, 6.07) is 9.94. The molecule has 0 radical (unpaired) electrons. The third-order valence-corrected chi connectivity index (χ3v) is 2.78. The van der Waals surface area contributed by atoms with Gasteiger partial charge in [-0.3, -0.25) is 4.57 Å². The number of nitrogens with zero attached hydrogens (tertiary/aromatic N) is 2. The molecule has 0 saturated carbocycles. The predicted octanol–water partition coefficient (Wildman–Crippen LogP) is 2.16. The number of aromatic nitrogens is 2. The Kier molecular flexibility index (Phi) is 3.19. The van der Waals surface area contributed by atoms with Gasteiger partial charge in [-0.25, -0.2) is 4.98 Å². The number of para-hydroxylation sites is 1. The summed E-state index contributed by atoms with van der Waals surface area (Å²) in [5, 5.41) is 0.841. The second-order valence-corrected chi connectivity index (χ2v) is 3.88. The topological polar surface area (TPSA) is 34.9 Å². The Labute approximate surface area is 92.1 Å². The van der Waals surface area contributed by atoms with Crippen molar-refractivity contribution in [1.82, 2.24) is 9.55 Å². The molecule has 15 heavy (non-hydrogen) atoms. The van der Waals surface area contributed by atoms with Crippen molar-refractivity contribution in [2.75, 3.05) is 5.75 Å². The molecule has 4 heteroatoms. The van der Waals surface area contributed by atoms with Crippen LogP contribution in [0.1, 0.15) is 0 Å². The minimum Gasteiger partial charge on any atom is -0.302 e. The maximum Gasteiger partial charge on any atom is 0.172 e. The second kappa shape index (κ2) is 4.79. The van der Waals surface area contributed by atoms with Crippen molar-refractivity contribution in [2.24, 2.45) is 0 Å². The maximum atomic E-state index is 10.3. The van der Waals surface area contributed by atoms with Crippen LogP contribution >= 0.6 is 11.8 Å². The normalized spacial score (nSPS) is 10.1. The van der Waals surface area contributed by atoms with Crippen molar-refractivity contribution >= 4 is 18.0 Å². The Morgan fingerprint density at radius 3 is 2.87 bits per heavy atom. The lowest BCUT2D eigenvalue weighted by atomic mass is 10.3. The molecule has 0 spiro atoms. The molecule has 0 atom stereocenters. The van der Waals surface area contributed by atoms with E-state index in [-0.39, 0.29) is 0 Å². The van der Waals surface area contributed by atoms with E-state index in [2.05, 4.69) is 4.98 Å². The molecule has 0 bridgehead atoms. The first-order valence-corrected chi connectivity index (χ1v) is 5.55. The second-order valence-electron chi connectivity index (χ2n) is 2.89.